The van der Waals surface area contributed by atoms with E-state index in [1.54, 1.807) is 6.92 Å². The summed E-state index contributed by atoms with van der Waals surface area (Å²) in [6, 6.07) is 0. The van der Waals surface area contributed by atoms with Gasteiger partial charge in [-0.05, 0) is 6.92 Å². The van der Waals surface area contributed by atoms with Crippen LogP contribution in [0.25, 0.3) is 0 Å². The van der Waals surface area contributed by atoms with E-state index < -0.39 is 0 Å². The second-order valence-electron chi connectivity index (χ2n) is 1.66. The van der Waals surface area contributed by atoms with Gasteiger partial charge >= 0.3 is 0 Å². The lowest BCUT2D eigenvalue weighted by molar-refractivity contribution is -0.133. The normalized spacial score (nSPS) is 8.90. The number of carbonyl (C=O) groups is 2. The van der Waals surface area contributed by atoms with Crippen LogP contribution >= 0.6 is 0 Å². The van der Waals surface area contributed by atoms with Gasteiger partial charge in [0.05, 0.1) is 6.61 Å². The number of aldehydes is 1. The van der Waals surface area contributed by atoms with Crippen molar-refractivity contribution in [1.82, 2.24) is 5.48 Å². The molecule has 0 aliphatic heterocycles. The molecule has 0 heterocycles. The monoisotopic (exact) mass is 145 g/mol. The molecule has 4 nitrogen and oxygen atoms in total. The Morgan fingerprint density at radius 1 is 1.70 bits per heavy atom. The highest BCUT2D eigenvalue weighted by atomic mass is 16.6. The molecule has 0 rings (SSSR count). The molecule has 0 aromatic heterocycles. The van der Waals surface area contributed by atoms with Crippen molar-refractivity contribution in [3.8, 4) is 0 Å². The molecule has 0 fully saturated rings. The van der Waals surface area contributed by atoms with Gasteiger partial charge in [0, 0.05) is 12.8 Å². The summed E-state index contributed by atoms with van der Waals surface area (Å²) in [7, 11) is 0. The number of hydrogen-bond donors (Lipinski definition) is 1. The van der Waals surface area contributed by atoms with Gasteiger partial charge < -0.3 is 4.79 Å². The van der Waals surface area contributed by atoms with E-state index in [0.717, 1.165) is 0 Å². The van der Waals surface area contributed by atoms with Gasteiger partial charge in [0.25, 0.3) is 0 Å². The van der Waals surface area contributed by atoms with Crippen LogP contribution in [0.15, 0.2) is 0 Å². The Bertz CT molecular complexity index is 114. The highest BCUT2D eigenvalue weighted by Crippen LogP contribution is 1.83. The van der Waals surface area contributed by atoms with E-state index in [1.807, 2.05) is 0 Å². The lowest BCUT2D eigenvalue weighted by Crippen LogP contribution is -2.23. The van der Waals surface area contributed by atoms with E-state index in [2.05, 4.69) is 10.3 Å². The average Bonchev–Trinajstić information content (AvgIpc) is 1.97. The molecular formula is C6H11NO3. The number of carbonyl (C=O) groups excluding carboxylic acids is 2. The van der Waals surface area contributed by atoms with Crippen LogP contribution in [0.3, 0.4) is 0 Å². The molecule has 0 radical (unpaired) electrons. The average molecular weight is 145 g/mol. The zero-order valence-electron chi connectivity index (χ0n) is 5.92. The van der Waals surface area contributed by atoms with Crippen molar-refractivity contribution in [2.45, 2.75) is 19.8 Å². The van der Waals surface area contributed by atoms with Crippen LogP contribution in [-0.2, 0) is 14.4 Å². The van der Waals surface area contributed by atoms with Gasteiger partial charge in [-0.15, -0.1) is 0 Å². The molecule has 0 aromatic carbocycles. The molecule has 1 amide bonds. The summed E-state index contributed by atoms with van der Waals surface area (Å²) in [5.74, 6) is -0.256. The topological polar surface area (TPSA) is 55.4 Å². The van der Waals surface area contributed by atoms with Gasteiger partial charge in [-0.2, -0.15) is 0 Å². The largest absolute Gasteiger partial charge is 0.303 e. The molecule has 0 saturated carbocycles. The third-order valence-corrected chi connectivity index (χ3v) is 0.820. The summed E-state index contributed by atoms with van der Waals surface area (Å²) in [5, 5.41) is 0. The molecule has 0 aliphatic carbocycles. The van der Waals surface area contributed by atoms with Crippen LogP contribution in [0.5, 0.6) is 0 Å². The fraction of sp³-hybridized carbons (Fsp3) is 0.667. The Morgan fingerprint density at radius 3 is 2.90 bits per heavy atom. The SMILES string of the molecule is CCONC(=O)CCC=O. The van der Waals surface area contributed by atoms with Crippen LogP contribution in [0.1, 0.15) is 19.8 Å². The molecule has 4 heteroatoms. The number of hydrogen-bond acceptors (Lipinski definition) is 3. The summed E-state index contributed by atoms with van der Waals surface area (Å²) in [6.45, 7) is 2.20. The predicted octanol–water partition coefficient (Wildman–Crippen LogP) is 0.0332. The van der Waals surface area contributed by atoms with Gasteiger partial charge in [-0.1, -0.05) is 0 Å². The van der Waals surface area contributed by atoms with Crippen molar-refractivity contribution < 1.29 is 14.4 Å². The van der Waals surface area contributed by atoms with Crippen molar-refractivity contribution in [1.29, 1.82) is 0 Å². The smallest absolute Gasteiger partial charge is 0.243 e. The van der Waals surface area contributed by atoms with Crippen LogP contribution < -0.4 is 5.48 Å². The van der Waals surface area contributed by atoms with E-state index in [4.69, 9.17) is 0 Å². The van der Waals surface area contributed by atoms with Crippen molar-refractivity contribution in [3.05, 3.63) is 0 Å². The van der Waals surface area contributed by atoms with Crippen molar-refractivity contribution in [2.75, 3.05) is 6.61 Å². The zero-order valence-corrected chi connectivity index (χ0v) is 5.92. The molecule has 0 atom stereocenters. The lowest BCUT2D eigenvalue weighted by Gasteiger charge is -1.99. The van der Waals surface area contributed by atoms with Gasteiger partial charge in [-0.3, -0.25) is 9.63 Å². The molecule has 0 unspecified atom stereocenters. The number of amides is 1. The minimum Gasteiger partial charge on any atom is -0.303 e. The highest BCUT2D eigenvalue weighted by Gasteiger charge is 1.97. The molecule has 58 valence electrons. The quantitative estimate of drug-likeness (QED) is 0.438. The Kier molecular flexibility index (Phi) is 5.66. The Morgan fingerprint density at radius 2 is 2.40 bits per heavy atom. The summed E-state index contributed by atoms with van der Waals surface area (Å²) < 4.78 is 0. The first-order valence-corrected chi connectivity index (χ1v) is 3.15. The van der Waals surface area contributed by atoms with Crippen molar-refractivity contribution in [3.63, 3.8) is 0 Å². The molecule has 0 saturated heterocycles. The molecule has 0 bridgehead atoms. The molecule has 10 heavy (non-hydrogen) atoms. The van der Waals surface area contributed by atoms with E-state index in [9.17, 15) is 9.59 Å². The second kappa shape index (κ2) is 6.22. The van der Waals surface area contributed by atoms with Gasteiger partial charge in [-0.25, -0.2) is 5.48 Å². The summed E-state index contributed by atoms with van der Waals surface area (Å²) in [5.41, 5.74) is 2.17. The number of hydroxylamine groups is 1. The van der Waals surface area contributed by atoms with Crippen LogP contribution in [0.4, 0.5) is 0 Å². The Hall–Kier alpha value is -0.900. The second-order valence-corrected chi connectivity index (χ2v) is 1.66. The molecule has 0 aromatic rings. The number of nitrogens with one attached hydrogen (secondary N) is 1. The fourth-order valence-electron chi connectivity index (χ4n) is 0.394. The summed E-state index contributed by atoms with van der Waals surface area (Å²) in [4.78, 5) is 24.9. The first-order chi connectivity index (χ1) is 4.81. The van der Waals surface area contributed by atoms with Crippen LogP contribution in [0.2, 0.25) is 0 Å². The third-order valence-electron chi connectivity index (χ3n) is 0.820. The maximum atomic E-state index is 10.6. The van der Waals surface area contributed by atoms with Gasteiger partial charge in [0.2, 0.25) is 5.91 Å². The van der Waals surface area contributed by atoms with Crippen molar-refractivity contribution >= 4 is 12.2 Å². The minimum atomic E-state index is -0.256. The minimum absolute atomic E-state index is 0.198. The maximum absolute atomic E-state index is 10.6. The molecule has 0 spiro atoms. The van der Waals surface area contributed by atoms with E-state index >= 15 is 0 Å². The Labute approximate surface area is 59.5 Å². The lowest BCUT2D eigenvalue weighted by atomic mass is 10.3. The Balaban J connectivity index is 3.16. The van der Waals surface area contributed by atoms with Crippen molar-refractivity contribution in [2.24, 2.45) is 0 Å². The van der Waals surface area contributed by atoms with Crippen LogP contribution in [0, 0.1) is 0 Å². The molecule has 0 aliphatic rings. The van der Waals surface area contributed by atoms with Crippen LogP contribution in [-0.4, -0.2) is 18.8 Å². The third kappa shape index (κ3) is 5.24. The summed E-state index contributed by atoms with van der Waals surface area (Å²) >= 11 is 0. The van der Waals surface area contributed by atoms with Gasteiger partial charge in [0.15, 0.2) is 0 Å². The van der Waals surface area contributed by atoms with E-state index in [-0.39, 0.29) is 18.7 Å². The maximum Gasteiger partial charge on any atom is 0.243 e. The summed E-state index contributed by atoms with van der Waals surface area (Å²) in [6.07, 6.45) is 1.15. The molecular weight excluding hydrogens is 134 g/mol. The first-order valence-electron chi connectivity index (χ1n) is 3.15. The highest BCUT2D eigenvalue weighted by molar-refractivity contribution is 5.76. The van der Waals surface area contributed by atoms with E-state index in [0.29, 0.717) is 12.9 Å². The predicted molar refractivity (Wildman–Crippen MR) is 35.1 cm³/mol. The zero-order chi connectivity index (χ0) is 7.82. The number of rotatable bonds is 5. The fourth-order valence-corrected chi connectivity index (χ4v) is 0.394. The van der Waals surface area contributed by atoms with Gasteiger partial charge in [0.1, 0.15) is 6.29 Å². The van der Waals surface area contributed by atoms with E-state index in [1.165, 1.54) is 0 Å². The standard InChI is InChI=1S/C6H11NO3/c1-2-10-7-6(9)4-3-5-8/h5H,2-4H2,1H3,(H,7,9). The molecule has 1 N–H and O–H groups in total. The first kappa shape index (κ1) is 9.10.